The molecule has 4 rings (SSSR count). The minimum absolute atomic E-state index is 0.233. The molecule has 4 atom stereocenters. The van der Waals surface area contributed by atoms with Crippen molar-refractivity contribution in [1.82, 2.24) is 10.3 Å². The summed E-state index contributed by atoms with van der Waals surface area (Å²) in [4.78, 5) is 7.64. The van der Waals surface area contributed by atoms with Crippen molar-refractivity contribution in [3.8, 4) is 0 Å². The van der Waals surface area contributed by atoms with E-state index in [1.165, 1.54) is 17.4 Å². The largest absolute Gasteiger partial charge is 0.353 e. The Bertz CT molecular complexity index is 722. The Hall–Kier alpha value is -1.17. The Morgan fingerprint density at radius 3 is 3.04 bits per heavy atom. The lowest BCUT2D eigenvalue weighted by molar-refractivity contribution is 0.428. The quantitative estimate of drug-likeness (QED) is 0.856. The molecule has 128 valence electrons. The topological polar surface area (TPSA) is 28.2 Å². The summed E-state index contributed by atoms with van der Waals surface area (Å²) < 4.78 is 14.8. The molecule has 0 spiro atoms. The highest BCUT2D eigenvalue weighted by atomic mass is 35.5. The first kappa shape index (κ1) is 16.3. The van der Waals surface area contributed by atoms with Crippen LogP contribution in [0.3, 0.4) is 0 Å². The fraction of sp³-hybridized carbons (Fsp3) is 0.500. The zero-order valence-corrected chi connectivity index (χ0v) is 15.2. The normalized spacial score (nSPS) is 27.5. The van der Waals surface area contributed by atoms with E-state index in [0.29, 0.717) is 29.7 Å². The number of halogens is 2. The molecule has 24 heavy (non-hydrogen) atoms. The monoisotopic (exact) mass is 365 g/mol. The molecule has 3 nitrogen and oxygen atoms in total. The molecular weight excluding hydrogens is 345 g/mol. The maximum atomic E-state index is 13.9. The average molecular weight is 366 g/mol. The standard InChI is InChI=1S/C18H21ClFN3S/c1-11(13-9-14(13)16-4-5-17(19)24-16)22-12-6-8-23(10-12)18-15(20)3-2-7-21-18/h2-5,7,11-14,22H,6,8-10H2,1H3/t11-,12-,13-,14+/m0/s1. The van der Waals surface area contributed by atoms with Gasteiger partial charge in [-0.15, -0.1) is 11.3 Å². The summed E-state index contributed by atoms with van der Waals surface area (Å²) in [6.07, 6.45) is 3.92. The van der Waals surface area contributed by atoms with E-state index < -0.39 is 0 Å². The van der Waals surface area contributed by atoms with Crippen molar-refractivity contribution < 1.29 is 4.39 Å². The van der Waals surface area contributed by atoms with Crippen LogP contribution in [0.4, 0.5) is 10.2 Å². The molecule has 1 aliphatic carbocycles. The molecule has 2 aromatic heterocycles. The first-order valence-corrected chi connectivity index (χ1v) is 9.68. The van der Waals surface area contributed by atoms with Crippen molar-refractivity contribution in [3.05, 3.63) is 45.5 Å². The number of rotatable bonds is 5. The van der Waals surface area contributed by atoms with Gasteiger partial charge in [0.1, 0.15) is 0 Å². The first-order chi connectivity index (χ1) is 11.6. The van der Waals surface area contributed by atoms with Crippen LogP contribution in [0.1, 0.15) is 30.6 Å². The second-order valence-electron chi connectivity index (χ2n) is 6.84. The Morgan fingerprint density at radius 1 is 1.42 bits per heavy atom. The van der Waals surface area contributed by atoms with Crippen LogP contribution in [0.15, 0.2) is 30.5 Å². The molecule has 1 N–H and O–H groups in total. The molecule has 2 aliphatic rings. The lowest BCUT2D eigenvalue weighted by atomic mass is 10.1. The Labute approximate surface area is 150 Å². The van der Waals surface area contributed by atoms with Crippen molar-refractivity contribution in [2.24, 2.45) is 5.92 Å². The van der Waals surface area contributed by atoms with Crippen LogP contribution in [-0.4, -0.2) is 30.2 Å². The number of anilines is 1. The lowest BCUT2D eigenvalue weighted by Gasteiger charge is -2.21. The van der Waals surface area contributed by atoms with Crippen LogP contribution in [0.25, 0.3) is 0 Å². The van der Waals surface area contributed by atoms with E-state index in [1.54, 1.807) is 23.6 Å². The molecule has 2 fully saturated rings. The minimum atomic E-state index is -0.233. The zero-order valence-electron chi connectivity index (χ0n) is 13.6. The second kappa shape index (κ2) is 6.62. The number of aromatic nitrogens is 1. The smallest absolute Gasteiger partial charge is 0.165 e. The van der Waals surface area contributed by atoms with Crippen LogP contribution in [0.5, 0.6) is 0 Å². The summed E-state index contributed by atoms with van der Waals surface area (Å²) in [6, 6.07) is 8.13. The van der Waals surface area contributed by atoms with Crippen molar-refractivity contribution in [2.45, 2.75) is 37.8 Å². The molecule has 0 bridgehead atoms. The van der Waals surface area contributed by atoms with Crippen LogP contribution < -0.4 is 10.2 Å². The number of nitrogens with zero attached hydrogens (tertiary/aromatic N) is 2. The number of thiophene rings is 1. The highest BCUT2D eigenvalue weighted by Gasteiger charge is 2.43. The predicted octanol–water partition coefficient (Wildman–Crippen LogP) is 4.30. The number of hydrogen-bond donors (Lipinski definition) is 1. The van der Waals surface area contributed by atoms with E-state index >= 15 is 0 Å². The summed E-state index contributed by atoms with van der Waals surface area (Å²) in [5.74, 6) is 1.58. The first-order valence-electron chi connectivity index (χ1n) is 8.48. The van der Waals surface area contributed by atoms with Crippen molar-refractivity contribution in [2.75, 3.05) is 18.0 Å². The van der Waals surface area contributed by atoms with Gasteiger partial charge in [-0.05, 0) is 55.9 Å². The maximum Gasteiger partial charge on any atom is 0.165 e. The van der Waals surface area contributed by atoms with E-state index in [2.05, 4.69) is 23.3 Å². The molecule has 1 saturated carbocycles. The molecular formula is C18H21ClFN3S. The van der Waals surface area contributed by atoms with E-state index in [1.807, 2.05) is 11.0 Å². The fourth-order valence-corrected chi connectivity index (χ4v) is 5.07. The van der Waals surface area contributed by atoms with Gasteiger partial charge in [-0.3, -0.25) is 0 Å². The number of pyridine rings is 1. The highest BCUT2D eigenvalue weighted by molar-refractivity contribution is 7.16. The third-order valence-electron chi connectivity index (χ3n) is 5.17. The van der Waals surface area contributed by atoms with Gasteiger partial charge in [0.05, 0.1) is 4.34 Å². The number of nitrogens with one attached hydrogen (secondary N) is 1. The van der Waals surface area contributed by atoms with E-state index in [4.69, 9.17) is 11.6 Å². The molecule has 1 aliphatic heterocycles. The molecule has 1 saturated heterocycles. The van der Waals surface area contributed by atoms with Gasteiger partial charge >= 0.3 is 0 Å². The Kier molecular flexibility index (Phi) is 4.50. The molecule has 0 radical (unpaired) electrons. The van der Waals surface area contributed by atoms with Gasteiger partial charge in [0.2, 0.25) is 0 Å². The van der Waals surface area contributed by atoms with Crippen LogP contribution in [0, 0.1) is 11.7 Å². The van der Waals surface area contributed by atoms with Gasteiger partial charge < -0.3 is 10.2 Å². The van der Waals surface area contributed by atoms with Gasteiger partial charge in [-0.25, -0.2) is 9.37 Å². The molecule has 0 aromatic carbocycles. The Morgan fingerprint density at radius 2 is 2.29 bits per heavy atom. The van der Waals surface area contributed by atoms with Crippen LogP contribution >= 0.6 is 22.9 Å². The summed E-state index contributed by atoms with van der Waals surface area (Å²) >= 11 is 7.75. The molecule has 2 aromatic rings. The average Bonchev–Trinajstić information content (AvgIpc) is 3.04. The van der Waals surface area contributed by atoms with E-state index in [-0.39, 0.29) is 5.82 Å². The van der Waals surface area contributed by atoms with Crippen molar-refractivity contribution >= 4 is 28.8 Å². The Balaban J connectivity index is 1.32. The predicted molar refractivity (Wildman–Crippen MR) is 97.6 cm³/mol. The third-order valence-corrected chi connectivity index (χ3v) is 6.53. The van der Waals surface area contributed by atoms with Gasteiger partial charge in [0, 0.05) is 36.2 Å². The van der Waals surface area contributed by atoms with E-state index in [0.717, 1.165) is 23.8 Å². The van der Waals surface area contributed by atoms with E-state index in [9.17, 15) is 4.39 Å². The molecule has 6 heteroatoms. The molecule has 0 unspecified atom stereocenters. The van der Waals surface area contributed by atoms with Crippen LogP contribution in [-0.2, 0) is 0 Å². The number of hydrogen-bond acceptors (Lipinski definition) is 4. The summed E-state index contributed by atoms with van der Waals surface area (Å²) in [7, 11) is 0. The summed E-state index contributed by atoms with van der Waals surface area (Å²) in [5.41, 5.74) is 0. The summed E-state index contributed by atoms with van der Waals surface area (Å²) in [5, 5.41) is 3.75. The van der Waals surface area contributed by atoms with Gasteiger partial charge in [-0.1, -0.05) is 11.6 Å². The summed E-state index contributed by atoms with van der Waals surface area (Å²) in [6.45, 7) is 3.94. The molecule has 3 heterocycles. The molecule has 0 amide bonds. The van der Waals surface area contributed by atoms with Crippen LogP contribution in [0.2, 0.25) is 4.34 Å². The zero-order chi connectivity index (χ0) is 16.7. The van der Waals surface area contributed by atoms with Gasteiger partial charge in [0.25, 0.3) is 0 Å². The third kappa shape index (κ3) is 3.30. The SMILES string of the molecule is C[C@H](N[C@H]1CCN(c2ncccc2F)C1)[C@@H]1C[C@H]1c1ccc(Cl)s1. The minimum Gasteiger partial charge on any atom is -0.353 e. The fourth-order valence-electron chi connectivity index (χ4n) is 3.82. The van der Waals surface area contributed by atoms with Crippen molar-refractivity contribution in [3.63, 3.8) is 0 Å². The lowest BCUT2D eigenvalue weighted by Crippen LogP contribution is -2.40. The van der Waals surface area contributed by atoms with Gasteiger partial charge in [0.15, 0.2) is 11.6 Å². The highest BCUT2D eigenvalue weighted by Crippen LogP contribution is 2.52. The second-order valence-corrected chi connectivity index (χ2v) is 8.59. The maximum absolute atomic E-state index is 13.9. The van der Waals surface area contributed by atoms with Crippen molar-refractivity contribution in [1.29, 1.82) is 0 Å². The van der Waals surface area contributed by atoms with Gasteiger partial charge in [-0.2, -0.15) is 0 Å².